The van der Waals surface area contributed by atoms with Gasteiger partial charge in [0.05, 0.1) is 16.7 Å². The molecule has 9 aromatic rings. The average Bonchev–Trinajstić information content (AvgIpc) is 3.46. The molecule has 46 heavy (non-hydrogen) atoms. The van der Waals surface area contributed by atoms with E-state index in [4.69, 9.17) is 0 Å². The largest absolute Gasteiger partial charge is 0.310 e. The second-order valence-electron chi connectivity index (χ2n) is 11.8. The first kappa shape index (κ1) is 26.3. The van der Waals surface area contributed by atoms with E-state index in [-0.39, 0.29) is 0 Å². The number of rotatable bonds is 5. The summed E-state index contributed by atoms with van der Waals surface area (Å²) in [6, 6.07) is 65.7. The van der Waals surface area contributed by atoms with Gasteiger partial charge in [-0.25, -0.2) is 0 Å². The van der Waals surface area contributed by atoms with Gasteiger partial charge in [0.2, 0.25) is 0 Å². The van der Waals surface area contributed by atoms with Crippen LogP contribution in [0.3, 0.4) is 0 Å². The van der Waals surface area contributed by atoms with Crippen molar-refractivity contribution in [3.8, 4) is 16.8 Å². The van der Waals surface area contributed by atoms with Gasteiger partial charge in [0.15, 0.2) is 0 Å². The Balaban J connectivity index is 1.34. The van der Waals surface area contributed by atoms with E-state index in [1.807, 2.05) is 0 Å². The molecule has 0 radical (unpaired) electrons. The summed E-state index contributed by atoms with van der Waals surface area (Å²) in [5.74, 6) is 0. The Bertz CT molecular complexity index is 2520. The highest BCUT2D eigenvalue weighted by atomic mass is 15.1. The zero-order chi connectivity index (χ0) is 30.5. The van der Waals surface area contributed by atoms with Crippen molar-refractivity contribution in [2.45, 2.75) is 0 Å². The maximum absolute atomic E-state index is 2.42. The summed E-state index contributed by atoms with van der Waals surface area (Å²) in [7, 11) is 0. The maximum Gasteiger partial charge on any atom is 0.0562 e. The number of benzene rings is 8. The molecule has 0 fully saturated rings. The molecule has 0 spiro atoms. The molecule has 0 amide bonds. The molecule has 0 saturated carbocycles. The van der Waals surface area contributed by atoms with Gasteiger partial charge >= 0.3 is 0 Å². The molecule has 9 rings (SSSR count). The molecular weight excluding hydrogens is 556 g/mol. The summed E-state index contributed by atoms with van der Waals surface area (Å²) >= 11 is 0. The number of aromatic nitrogens is 1. The van der Waals surface area contributed by atoms with E-state index < -0.39 is 0 Å². The molecule has 8 aromatic carbocycles. The zero-order valence-electron chi connectivity index (χ0n) is 25.2. The average molecular weight is 587 g/mol. The molecule has 2 nitrogen and oxygen atoms in total. The number of nitrogens with zero attached hydrogens (tertiary/aromatic N) is 2. The topological polar surface area (TPSA) is 8.17 Å². The highest BCUT2D eigenvalue weighted by molar-refractivity contribution is 6.17. The van der Waals surface area contributed by atoms with Gasteiger partial charge in [0.25, 0.3) is 0 Å². The molecule has 0 N–H and O–H groups in total. The quantitative estimate of drug-likeness (QED) is 0.195. The van der Waals surface area contributed by atoms with Crippen LogP contribution >= 0.6 is 0 Å². The fraction of sp³-hybridized carbons (Fsp3) is 0. The van der Waals surface area contributed by atoms with Crippen LogP contribution in [0.15, 0.2) is 182 Å². The minimum Gasteiger partial charge on any atom is -0.310 e. The molecule has 0 unspecified atom stereocenters. The van der Waals surface area contributed by atoms with E-state index in [1.54, 1.807) is 0 Å². The molecule has 0 aliphatic carbocycles. The Morgan fingerprint density at radius 2 is 1.09 bits per heavy atom. The highest BCUT2D eigenvalue weighted by Gasteiger charge is 2.20. The summed E-state index contributed by atoms with van der Waals surface area (Å²) in [6.45, 7) is 0. The molecular formula is C44H30N2. The third kappa shape index (κ3) is 4.27. The van der Waals surface area contributed by atoms with Crippen molar-refractivity contribution in [1.29, 1.82) is 0 Å². The Labute approximate surface area is 268 Å². The molecule has 1 aromatic heterocycles. The van der Waals surface area contributed by atoms with E-state index >= 15 is 0 Å². The Kier molecular flexibility index (Phi) is 6.17. The second-order valence-corrected chi connectivity index (χ2v) is 11.8. The first-order valence-corrected chi connectivity index (χ1v) is 15.8. The number of anilines is 3. The van der Waals surface area contributed by atoms with Crippen molar-refractivity contribution in [1.82, 2.24) is 4.57 Å². The van der Waals surface area contributed by atoms with Crippen molar-refractivity contribution in [3.63, 3.8) is 0 Å². The Morgan fingerprint density at radius 1 is 0.391 bits per heavy atom. The monoisotopic (exact) mass is 586 g/mol. The standard InChI is InChI=1S/C44H30N2/c1-3-17-35(18-4-1)45(41-23-11-16-32-14-9-10-21-38(32)41)37-27-28-40-43(30-37)46(36-19-5-2-6-20-36)42-24-12-22-39(44(40)42)34-26-25-31-13-7-8-15-33(31)29-34/h1-30H. The predicted octanol–water partition coefficient (Wildman–Crippen LogP) is 12.2. The van der Waals surface area contributed by atoms with Crippen LogP contribution in [0.1, 0.15) is 0 Å². The summed E-state index contributed by atoms with van der Waals surface area (Å²) in [6.07, 6.45) is 0. The number of para-hydroxylation sites is 2. The van der Waals surface area contributed by atoms with E-state index in [0.29, 0.717) is 0 Å². The van der Waals surface area contributed by atoms with Gasteiger partial charge in [-0.1, -0.05) is 127 Å². The fourth-order valence-corrected chi connectivity index (χ4v) is 7.06. The molecule has 0 atom stereocenters. The lowest BCUT2D eigenvalue weighted by molar-refractivity contribution is 1.18. The van der Waals surface area contributed by atoms with Crippen molar-refractivity contribution >= 4 is 60.4 Å². The molecule has 0 aliphatic heterocycles. The summed E-state index contributed by atoms with van der Waals surface area (Å²) < 4.78 is 2.42. The molecule has 0 saturated heterocycles. The first-order chi connectivity index (χ1) is 22.8. The van der Waals surface area contributed by atoms with Crippen LogP contribution in [-0.2, 0) is 0 Å². The smallest absolute Gasteiger partial charge is 0.0562 e. The van der Waals surface area contributed by atoms with Crippen LogP contribution in [0, 0.1) is 0 Å². The third-order valence-electron chi connectivity index (χ3n) is 9.13. The minimum absolute atomic E-state index is 1.11. The normalized spacial score (nSPS) is 11.5. The van der Waals surface area contributed by atoms with Crippen LogP contribution in [0.25, 0.3) is 60.2 Å². The van der Waals surface area contributed by atoms with Crippen LogP contribution in [0.2, 0.25) is 0 Å². The summed E-state index contributed by atoms with van der Waals surface area (Å²) in [5, 5.41) is 7.44. The highest BCUT2D eigenvalue weighted by Crippen LogP contribution is 2.44. The van der Waals surface area contributed by atoms with Crippen molar-refractivity contribution < 1.29 is 0 Å². The fourth-order valence-electron chi connectivity index (χ4n) is 7.06. The molecule has 2 heteroatoms. The summed E-state index contributed by atoms with van der Waals surface area (Å²) in [5.41, 5.74) is 9.37. The van der Waals surface area contributed by atoms with Crippen LogP contribution in [0.4, 0.5) is 17.1 Å². The molecule has 0 aliphatic rings. The van der Waals surface area contributed by atoms with E-state index in [9.17, 15) is 0 Å². The Hall–Kier alpha value is -6.12. The van der Waals surface area contributed by atoms with Gasteiger partial charge < -0.3 is 9.47 Å². The lowest BCUT2D eigenvalue weighted by Crippen LogP contribution is -2.10. The van der Waals surface area contributed by atoms with Gasteiger partial charge in [0, 0.05) is 33.2 Å². The lowest BCUT2D eigenvalue weighted by atomic mass is 9.97. The summed E-state index contributed by atoms with van der Waals surface area (Å²) in [4.78, 5) is 2.39. The van der Waals surface area contributed by atoms with E-state index in [0.717, 1.165) is 22.7 Å². The van der Waals surface area contributed by atoms with Crippen LogP contribution < -0.4 is 4.90 Å². The third-order valence-corrected chi connectivity index (χ3v) is 9.13. The minimum atomic E-state index is 1.11. The van der Waals surface area contributed by atoms with Crippen LogP contribution in [-0.4, -0.2) is 4.57 Å². The number of hydrogen-bond donors (Lipinski definition) is 0. The molecule has 0 bridgehead atoms. The van der Waals surface area contributed by atoms with Crippen LogP contribution in [0.5, 0.6) is 0 Å². The van der Waals surface area contributed by atoms with Gasteiger partial charge in [-0.2, -0.15) is 0 Å². The second kappa shape index (κ2) is 10.8. The number of fused-ring (bicyclic) bond motifs is 5. The van der Waals surface area contributed by atoms with E-state index in [1.165, 1.54) is 54.5 Å². The van der Waals surface area contributed by atoms with Gasteiger partial charge in [0.1, 0.15) is 0 Å². The SMILES string of the molecule is c1ccc(N(c2ccc3c4c(-c5ccc6ccccc6c5)cccc4n(-c4ccccc4)c3c2)c2cccc3ccccc23)cc1. The van der Waals surface area contributed by atoms with Crippen molar-refractivity contribution in [2.24, 2.45) is 0 Å². The molecule has 1 heterocycles. The van der Waals surface area contributed by atoms with Crippen molar-refractivity contribution in [2.75, 3.05) is 4.90 Å². The van der Waals surface area contributed by atoms with E-state index in [2.05, 4.69) is 191 Å². The number of hydrogen-bond acceptors (Lipinski definition) is 1. The lowest BCUT2D eigenvalue weighted by Gasteiger charge is -2.27. The van der Waals surface area contributed by atoms with Gasteiger partial charge in [-0.3, -0.25) is 0 Å². The van der Waals surface area contributed by atoms with Crippen molar-refractivity contribution in [3.05, 3.63) is 182 Å². The predicted molar refractivity (Wildman–Crippen MR) is 196 cm³/mol. The zero-order valence-corrected chi connectivity index (χ0v) is 25.2. The molecule has 216 valence electrons. The Morgan fingerprint density at radius 3 is 1.93 bits per heavy atom. The van der Waals surface area contributed by atoms with Gasteiger partial charge in [-0.15, -0.1) is 0 Å². The maximum atomic E-state index is 2.42. The first-order valence-electron chi connectivity index (χ1n) is 15.8. The van der Waals surface area contributed by atoms with Gasteiger partial charge in [-0.05, 0) is 81.9 Å².